The van der Waals surface area contributed by atoms with Gasteiger partial charge in [0.1, 0.15) is 5.76 Å². The van der Waals surface area contributed by atoms with E-state index in [-0.39, 0.29) is 24.2 Å². The number of hydrogen-bond acceptors (Lipinski definition) is 7. The molecule has 0 radical (unpaired) electrons. The molecule has 8 nitrogen and oxygen atoms in total. The number of nitrogens with zero attached hydrogens (tertiary/aromatic N) is 1. The molecule has 28 heavy (non-hydrogen) atoms. The van der Waals surface area contributed by atoms with Crippen molar-refractivity contribution in [1.82, 2.24) is 10.5 Å². The molecule has 0 spiro atoms. The van der Waals surface area contributed by atoms with E-state index < -0.39 is 11.2 Å². The van der Waals surface area contributed by atoms with Gasteiger partial charge >= 0.3 is 5.97 Å². The number of rotatable bonds is 9. The fourth-order valence-corrected chi connectivity index (χ4v) is 2.84. The first-order chi connectivity index (χ1) is 13.3. The number of aryl methyl sites for hydroxylation is 2. The summed E-state index contributed by atoms with van der Waals surface area (Å²) in [5.74, 6) is -0.385. The van der Waals surface area contributed by atoms with E-state index >= 15 is 0 Å². The zero-order valence-corrected chi connectivity index (χ0v) is 16.8. The Morgan fingerprint density at radius 3 is 2.68 bits per heavy atom. The van der Waals surface area contributed by atoms with Crippen molar-refractivity contribution >= 4 is 35.4 Å². The van der Waals surface area contributed by atoms with Crippen molar-refractivity contribution in [3.8, 4) is 0 Å². The molecule has 0 saturated heterocycles. The van der Waals surface area contributed by atoms with Crippen LogP contribution >= 0.6 is 11.8 Å². The molecule has 0 fully saturated rings. The Balaban J connectivity index is 1.64. The number of carbonyl (C=O) groups is 3. The topological polar surface area (TPSA) is 111 Å². The second kappa shape index (κ2) is 10.5. The molecule has 0 bridgehead atoms. The van der Waals surface area contributed by atoms with Crippen molar-refractivity contribution < 1.29 is 23.6 Å². The van der Waals surface area contributed by atoms with Crippen molar-refractivity contribution in [2.75, 3.05) is 17.7 Å². The fourth-order valence-electron chi connectivity index (χ4n) is 2.16. The fraction of sp³-hybridized carbons (Fsp3) is 0.368. The Bertz CT molecular complexity index is 836. The summed E-state index contributed by atoms with van der Waals surface area (Å²) >= 11 is 1.11. The second-order valence-corrected chi connectivity index (χ2v) is 7.46. The van der Waals surface area contributed by atoms with Gasteiger partial charge in [-0.3, -0.25) is 14.4 Å². The lowest BCUT2D eigenvalue weighted by atomic mass is 10.1. The van der Waals surface area contributed by atoms with Crippen LogP contribution in [0.2, 0.25) is 0 Å². The first-order valence-electron chi connectivity index (χ1n) is 8.67. The van der Waals surface area contributed by atoms with Crippen molar-refractivity contribution in [2.24, 2.45) is 0 Å². The molecule has 1 aromatic heterocycles. The summed E-state index contributed by atoms with van der Waals surface area (Å²) in [6.45, 7) is 5.35. The molecule has 2 aromatic rings. The molecule has 1 aromatic carbocycles. The van der Waals surface area contributed by atoms with Gasteiger partial charge in [0.2, 0.25) is 5.91 Å². The lowest BCUT2D eigenvalue weighted by Crippen LogP contribution is -2.29. The van der Waals surface area contributed by atoms with E-state index in [2.05, 4.69) is 15.8 Å². The van der Waals surface area contributed by atoms with Gasteiger partial charge in [0.15, 0.2) is 12.4 Å². The molecule has 1 heterocycles. The largest absolute Gasteiger partial charge is 0.455 e. The van der Waals surface area contributed by atoms with Gasteiger partial charge in [0.05, 0.1) is 11.0 Å². The number of aromatic nitrogens is 1. The average Bonchev–Trinajstić information content (AvgIpc) is 3.08. The lowest BCUT2D eigenvalue weighted by Gasteiger charge is -2.11. The highest BCUT2D eigenvalue weighted by atomic mass is 32.2. The normalized spacial score (nSPS) is 11.5. The van der Waals surface area contributed by atoms with E-state index in [1.165, 1.54) is 0 Å². The summed E-state index contributed by atoms with van der Waals surface area (Å²) in [6.07, 6.45) is 0. The minimum atomic E-state index is -0.562. The minimum absolute atomic E-state index is 0.0441. The smallest absolute Gasteiger partial charge is 0.316 e. The van der Waals surface area contributed by atoms with Crippen LogP contribution in [0.3, 0.4) is 0 Å². The third-order valence-corrected chi connectivity index (χ3v) is 4.92. The van der Waals surface area contributed by atoms with E-state index in [1.54, 1.807) is 19.9 Å². The molecule has 0 saturated carbocycles. The number of amides is 2. The Kier molecular flexibility index (Phi) is 8.06. The van der Waals surface area contributed by atoms with Crippen LogP contribution < -0.4 is 10.6 Å². The number of esters is 1. The van der Waals surface area contributed by atoms with Gasteiger partial charge in [-0.15, -0.1) is 11.8 Å². The molecule has 0 aliphatic heterocycles. The molecule has 2 amide bonds. The van der Waals surface area contributed by atoms with Gasteiger partial charge in [-0.05, 0) is 31.9 Å². The molecule has 2 N–H and O–H groups in total. The number of nitrogens with one attached hydrogen (secondary N) is 2. The van der Waals surface area contributed by atoms with E-state index in [1.807, 2.05) is 31.2 Å². The summed E-state index contributed by atoms with van der Waals surface area (Å²) in [5, 5.41) is 8.47. The van der Waals surface area contributed by atoms with Crippen molar-refractivity contribution in [3.63, 3.8) is 0 Å². The first-order valence-corrected chi connectivity index (χ1v) is 9.72. The quantitative estimate of drug-likeness (QED) is 0.615. The molecule has 2 rings (SSSR count). The summed E-state index contributed by atoms with van der Waals surface area (Å²) in [7, 11) is 0. The maximum Gasteiger partial charge on any atom is 0.316 e. The zero-order valence-electron chi connectivity index (χ0n) is 16.0. The Morgan fingerprint density at radius 1 is 1.25 bits per heavy atom. The van der Waals surface area contributed by atoms with E-state index in [0.29, 0.717) is 18.1 Å². The van der Waals surface area contributed by atoms with E-state index in [0.717, 1.165) is 22.9 Å². The molecular formula is C19H23N3O5S. The summed E-state index contributed by atoms with van der Waals surface area (Å²) < 4.78 is 9.81. The number of ether oxygens (including phenoxy) is 1. The molecule has 0 unspecified atom stereocenters. The number of benzene rings is 1. The first kappa shape index (κ1) is 21.5. The highest BCUT2D eigenvalue weighted by molar-refractivity contribution is 8.01. The van der Waals surface area contributed by atoms with Crippen LogP contribution in [-0.4, -0.2) is 40.6 Å². The minimum Gasteiger partial charge on any atom is -0.455 e. The van der Waals surface area contributed by atoms with Gasteiger partial charge in [0, 0.05) is 12.6 Å². The maximum absolute atomic E-state index is 12.0. The van der Waals surface area contributed by atoms with Crippen LogP contribution in [0.5, 0.6) is 0 Å². The van der Waals surface area contributed by atoms with Crippen LogP contribution in [0.1, 0.15) is 23.8 Å². The number of carbonyl (C=O) groups excluding carboxylic acids is 3. The second-order valence-electron chi connectivity index (χ2n) is 6.13. The van der Waals surface area contributed by atoms with Crippen molar-refractivity contribution in [1.29, 1.82) is 0 Å². The Morgan fingerprint density at radius 2 is 2.00 bits per heavy atom. The Hall–Kier alpha value is -2.81. The number of anilines is 1. The van der Waals surface area contributed by atoms with Gasteiger partial charge in [-0.25, -0.2) is 0 Å². The molecule has 1 atom stereocenters. The molecule has 9 heteroatoms. The van der Waals surface area contributed by atoms with Gasteiger partial charge in [-0.2, -0.15) is 0 Å². The van der Waals surface area contributed by atoms with Crippen LogP contribution in [0.25, 0.3) is 0 Å². The Labute approximate surface area is 167 Å². The van der Waals surface area contributed by atoms with Crippen LogP contribution in [-0.2, 0) is 25.7 Å². The van der Waals surface area contributed by atoms with Crippen molar-refractivity contribution in [2.45, 2.75) is 32.6 Å². The van der Waals surface area contributed by atoms with Gasteiger partial charge in [-0.1, -0.05) is 29.4 Å². The number of hydrogen-bond donors (Lipinski definition) is 2. The monoisotopic (exact) mass is 405 g/mol. The maximum atomic E-state index is 12.0. The molecule has 150 valence electrons. The molecule has 0 aliphatic carbocycles. The summed E-state index contributed by atoms with van der Waals surface area (Å²) in [6, 6.07) is 9.30. The summed E-state index contributed by atoms with van der Waals surface area (Å²) in [5.41, 5.74) is 2.07. The van der Waals surface area contributed by atoms with Crippen LogP contribution in [0, 0.1) is 13.8 Å². The average molecular weight is 405 g/mol. The zero-order chi connectivity index (χ0) is 20.5. The van der Waals surface area contributed by atoms with Crippen LogP contribution in [0.4, 0.5) is 5.82 Å². The molecular weight excluding hydrogens is 382 g/mol. The third-order valence-electron chi connectivity index (χ3n) is 3.80. The van der Waals surface area contributed by atoms with Gasteiger partial charge < -0.3 is 19.9 Å². The number of thioether (sulfide) groups is 1. The van der Waals surface area contributed by atoms with Crippen LogP contribution in [0.15, 0.2) is 34.9 Å². The van der Waals surface area contributed by atoms with Gasteiger partial charge in [0.25, 0.3) is 5.91 Å². The third kappa shape index (κ3) is 7.07. The highest BCUT2D eigenvalue weighted by Gasteiger charge is 2.17. The highest BCUT2D eigenvalue weighted by Crippen LogP contribution is 2.14. The summed E-state index contributed by atoms with van der Waals surface area (Å²) in [4.78, 5) is 35.6. The van der Waals surface area contributed by atoms with E-state index in [4.69, 9.17) is 9.26 Å². The molecule has 0 aliphatic rings. The van der Waals surface area contributed by atoms with Crippen molar-refractivity contribution in [3.05, 3.63) is 47.2 Å². The SMILES string of the molecule is Cc1cc(NC(=O)[C@H](C)SCC(=O)OCC(=O)NCc2ccccc2C)no1. The predicted octanol–water partition coefficient (Wildman–Crippen LogP) is 2.21. The lowest BCUT2D eigenvalue weighted by molar-refractivity contribution is -0.145. The standard InChI is InChI=1S/C19H23N3O5S/c1-12-6-4-5-7-15(12)9-20-17(23)10-26-18(24)11-28-14(3)19(25)21-16-8-13(2)27-22-16/h4-8,14H,9-11H2,1-3H3,(H,20,23)(H,21,22,25)/t14-/m0/s1. The van der Waals surface area contributed by atoms with E-state index in [9.17, 15) is 14.4 Å². The predicted molar refractivity (Wildman–Crippen MR) is 106 cm³/mol.